The molecule has 1 aromatic carbocycles. The number of aromatic hydroxyl groups is 1. The average Bonchev–Trinajstić information content (AvgIpc) is 2.87. The van der Waals surface area contributed by atoms with Gasteiger partial charge < -0.3 is 43.4 Å². The van der Waals surface area contributed by atoms with Gasteiger partial charge in [0.2, 0.25) is 17.7 Å². The van der Waals surface area contributed by atoms with E-state index in [9.17, 15) is 29.4 Å². The van der Waals surface area contributed by atoms with Gasteiger partial charge in [-0.1, -0.05) is 26.0 Å². The number of carbonyl (C=O) groups is 4. The van der Waals surface area contributed by atoms with Crippen molar-refractivity contribution in [3.63, 3.8) is 0 Å². The van der Waals surface area contributed by atoms with E-state index >= 15 is 0 Å². The zero-order valence-corrected chi connectivity index (χ0v) is 23.4. The molecular formula is C25H41N7O6S. The van der Waals surface area contributed by atoms with Gasteiger partial charge >= 0.3 is 5.97 Å². The van der Waals surface area contributed by atoms with Crippen LogP contribution in [0.2, 0.25) is 0 Å². The standard InChI is InChI=1S/C25H41N7O6S/c1-14(2)20(26)23(36)30-17(10-12-39-3)21(34)32-19(13-15-6-8-16(33)9-7-15)22(35)31-18(24(37)38)5-4-11-29-25(27)28/h6-9,14,17-20,33H,4-5,10-13,26H2,1-3H3,(H,30,36)(H,31,35)(H,32,34)(H,37,38)(H4,27,28,29). The molecule has 0 aliphatic heterocycles. The summed E-state index contributed by atoms with van der Waals surface area (Å²) < 4.78 is 0. The third-order valence-corrected chi connectivity index (χ3v) is 6.48. The SMILES string of the molecule is CSCCC(NC(=O)C(N)C(C)C)C(=O)NC(Cc1ccc(O)cc1)C(=O)NC(CCCN=C(N)N)C(=O)O. The van der Waals surface area contributed by atoms with Crippen LogP contribution in [-0.4, -0.2) is 82.6 Å². The van der Waals surface area contributed by atoms with Gasteiger partial charge in [-0.25, -0.2) is 4.79 Å². The molecule has 0 aliphatic rings. The largest absolute Gasteiger partial charge is 0.508 e. The molecule has 4 atom stereocenters. The number of carboxylic acid groups (broad SMARTS) is 1. The second kappa shape index (κ2) is 17.1. The smallest absolute Gasteiger partial charge is 0.326 e. The molecule has 0 radical (unpaired) electrons. The first-order valence-corrected chi connectivity index (χ1v) is 14.0. The minimum atomic E-state index is -1.25. The molecule has 11 N–H and O–H groups in total. The fourth-order valence-corrected chi connectivity index (χ4v) is 3.93. The second-order valence-electron chi connectivity index (χ2n) is 9.39. The normalized spacial score (nSPS) is 14.0. The molecular weight excluding hydrogens is 526 g/mol. The number of nitrogens with zero attached hydrogens (tertiary/aromatic N) is 1. The number of carboxylic acids is 1. The Labute approximate surface area is 232 Å². The fraction of sp³-hybridized carbons (Fsp3) is 0.560. The molecule has 218 valence electrons. The third-order valence-electron chi connectivity index (χ3n) is 5.83. The Morgan fingerprint density at radius 3 is 2.03 bits per heavy atom. The molecule has 0 aliphatic carbocycles. The summed E-state index contributed by atoms with van der Waals surface area (Å²) in [5.74, 6) is -2.76. The first-order chi connectivity index (χ1) is 18.3. The number of phenolic OH excluding ortho intramolecular Hbond substituents is 1. The van der Waals surface area contributed by atoms with Gasteiger partial charge in [0.05, 0.1) is 6.04 Å². The summed E-state index contributed by atoms with van der Waals surface area (Å²) >= 11 is 1.49. The van der Waals surface area contributed by atoms with Crippen LogP contribution in [0.5, 0.6) is 5.75 Å². The number of rotatable bonds is 17. The fourth-order valence-electron chi connectivity index (χ4n) is 3.46. The zero-order valence-electron chi connectivity index (χ0n) is 22.6. The van der Waals surface area contributed by atoms with Crippen LogP contribution in [0.4, 0.5) is 0 Å². The van der Waals surface area contributed by atoms with Gasteiger partial charge in [-0.3, -0.25) is 19.4 Å². The summed E-state index contributed by atoms with van der Waals surface area (Å²) in [6.45, 7) is 3.76. The quantitative estimate of drug-likeness (QED) is 0.0667. The molecule has 1 rings (SSSR count). The van der Waals surface area contributed by atoms with Gasteiger partial charge in [-0.2, -0.15) is 11.8 Å². The zero-order chi connectivity index (χ0) is 29.5. The maximum Gasteiger partial charge on any atom is 0.326 e. The topological polar surface area (TPSA) is 235 Å². The molecule has 13 nitrogen and oxygen atoms in total. The number of guanidine groups is 1. The van der Waals surface area contributed by atoms with E-state index in [0.29, 0.717) is 24.2 Å². The van der Waals surface area contributed by atoms with E-state index < -0.39 is 47.9 Å². The minimum absolute atomic E-state index is 0.00684. The highest BCUT2D eigenvalue weighted by Gasteiger charge is 2.30. The predicted molar refractivity (Wildman–Crippen MR) is 151 cm³/mol. The number of hydrogen-bond donors (Lipinski definition) is 8. The van der Waals surface area contributed by atoms with Crippen LogP contribution in [0.15, 0.2) is 29.3 Å². The number of phenols is 1. The Bertz CT molecular complexity index is 986. The highest BCUT2D eigenvalue weighted by Crippen LogP contribution is 2.13. The molecule has 0 aromatic heterocycles. The lowest BCUT2D eigenvalue weighted by Crippen LogP contribution is -2.58. The van der Waals surface area contributed by atoms with Gasteiger partial charge in [-0.05, 0) is 54.9 Å². The van der Waals surface area contributed by atoms with Crippen molar-refractivity contribution in [2.75, 3.05) is 18.6 Å². The number of aliphatic carboxylic acids is 1. The van der Waals surface area contributed by atoms with Gasteiger partial charge in [0.25, 0.3) is 0 Å². The molecule has 0 heterocycles. The van der Waals surface area contributed by atoms with E-state index in [1.807, 2.05) is 6.26 Å². The van der Waals surface area contributed by atoms with Gasteiger partial charge in [0, 0.05) is 13.0 Å². The number of hydrogen-bond acceptors (Lipinski definition) is 8. The van der Waals surface area contributed by atoms with Crippen LogP contribution in [-0.2, 0) is 25.6 Å². The molecule has 39 heavy (non-hydrogen) atoms. The third kappa shape index (κ3) is 12.7. The summed E-state index contributed by atoms with van der Waals surface area (Å²) in [5, 5.41) is 27.0. The molecule has 4 unspecified atom stereocenters. The molecule has 1 aromatic rings. The maximum atomic E-state index is 13.3. The van der Waals surface area contributed by atoms with Crippen molar-refractivity contribution in [3.05, 3.63) is 29.8 Å². The summed E-state index contributed by atoms with van der Waals surface area (Å²) in [7, 11) is 0. The Kier molecular flexibility index (Phi) is 14.7. The molecule has 14 heteroatoms. The molecule has 0 fully saturated rings. The summed E-state index contributed by atoms with van der Waals surface area (Å²) in [5.41, 5.74) is 17.1. The average molecular weight is 568 g/mol. The van der Waals surface area contributed by atoms with E-state index in [1.165, 1.54) is 23.9 Å². The maximum absolute atomic E-state index is 13.3. The molecule has 0 bridgehead atoms. The Hall–Kier alpha value is -3.52. The molecule has 0 spiro atoms. The molecule has 0 saturated heterocycles. The lowest BCUT2D eigenvalue weighted by atomic mass is 10.0. The van der Waals surface area contributed by atoms with Crippen LogP contribution < -0.4 is 33.2 Å². The summed E-state index contributed by atoms with van der Waals surface area (Å²) in [6.07, 6.45) is 2.50. The first-order valence-electron chi connectivity index (χ1n) is 12.6. The van der Waals surface area contributed by atoms with Crippen LogP contribution in [0, 0.1) is 5.92 Å². The number of nitrogens with two attached hydrogens (primary N) is 3. The second-order valence-corrected chi connectivity index (χ2v) is 10.4. The van der Waals surface area contributed by atoms with E-state index in [-0.39, 0.29) is 37.0 Å². The van der Waals surface area contributed by atoms with E-state index in [0.717, 1.165) is 0 Å². The van der Waals surface area contributed by atoms with Crippen molar-refractivity contribution in [1.82, 2.24) is 16.0 Å². The summed E-state index contributed by atoms with van der Waals surface area (Å²) in [4.78, 5) is 54.7. The van der Waals surface area contributed by atoms with Crippen LogP contribution >= 0.6 is 11.8 Å². The van der Waals surface area contributed by atoms with E-state index in [2.05, 4.69) is 20.9 Å². The van der Waals surface area contributed by atoms with Crippen LogP contribution in [0.25, 0.3) is 0 Å². The number of amides is 3. The van der Waals surface area contributed by atoms with E-state index in [1.54, 1.807) is 26.0 Å². The highest BCUT2D eigenvalue weighted by molar-refractivity contribution is 7.98. The molecule has 3 amide bonds. The van der Waals surface area contributed by atoms with Gasteiger partial charge in [-0.15, -0.1) is 0 Å². The lowest BCUT2D eigenvalue weighted by molar-refractivity contribution is -0.142. The number of aliphatic imine (C=N–C) groups is 1. The lowest BCUT2D eigenvalue weighted by Gasteiger charge is -2.26. The van der Waals surface area contributed by atoms with Crippen LogP contribution in [0.3, 0.4) is 0 Å². The minimum Gasteiger partial charge on any atom is -0.508 e. The van der Waals surface area contributed by atoms with Crippen molar-refractivity contribution < 1.29 is 29.4 Å². The van der Waals surface area contributed by atoms with Crippen molar-refractivity contribution in [2.24, 2.45) is 28.1 Å². The van der Waals surface area contributed by atoms with E-state index in [4.69, 9.17) is 17.2 Å². The number of carbonyl (C=O) groups excluding carboxylic acids is 3. The number of benzene rings is 1. The van der Waals surface area contributed by atoms with Crippen molar-refractivity contribution in [3.8, 4) is 5.75 Å². The summed E-state index contributed by atoms with van der Waals surface area (Å²) in [6, 6.07) is 1.84. The Balaban J connectivity index is 3.12. The van der Waals surface area contributed by atoms with Crippen molar-refractivity contribution in [2.45, 2.75) is 63.7 Å². The number of thioether (sulfide) groups is 1. The molecule has 0 saturated carbocycles. The monoisotopic (exact) mass is 567 g/mol. The predicted octanol–water partition coefficient (Wildman–Crippen LogP) is -0.736. The van der Waals surface area contributed by atoms with Crippen molar-refractivity contribution in [1.29, 1.82) is 0 Å². The Morgan fingerprint density at radius 1 is 0.923 bits per heavy atom. The first kappa shape index (κ1) is 33.5. The number of nitrogens with one attached hydrogen (secondary N) is 3. The van der Waals surface area contributed by atoms with Crippen molar-refractivity contribution >= 4 is 41.4 Å². The highest BCUT2D eigenvalue weighted by atomic mass is 32.2. The van der Waals surface area contributed by atoms with Crippen LogP contribution in [0.1, 0.15) is 38.7 Å². The van der Waals surface area contributed by atoms with Gasteiger partial charge in [0.1, 0.15) is 23.9 Å². The van der Waals surface area contributed by atoms with Gasteiger partial charge in [0.15, 0.2) is 5.96 Å². The Morgan fingerprint density at radius 2 is 1.49 bits per heavy atom.